The molecule has 1 aromatic rings. The van der Waals surface area contributed by atoms with E-state index in [0.29, 0.717) is 12.1 Å². The molecule has 0 unspecified atom stereocenters. The van der Waals surface area contributed by atoms with Crippen molar-refractivity contribution in [2.24, 2.45) is 4.99 Å². The van der Waals surface area contributed by atoms with Gasteiger partial charge in [0.15, 0.2) is 5.96 Å². The minimum absolute atomic E-state index is 0.0636. The van der Waals surface area contributed by atoms with E-state index in [1.165, 1.54) is 6.07 Å². The number of guanidine groups is 1. The van der Waals surface area contributed by atoms with Crippen LogP contribution in [-0.4, -0.2) is 25.7 Å². The summed E-state index contributed by atoms with van der Waals surface area (Å²) < 4.78 is 18.5. The van der Waals surface area contributed by atoms with Gasteiger partial charge in [-0.2, -0.15) is 0 Å². The van der Waals surface area contributed by atoms with Gasteiger partial charge in [-0.05, 0) is 38.5 Å². The van der Waals surface area contributed by atoms with Gasteiger partial charge < -0.3 is 15.4 Å². The first-order valence-corrected chi connectivity index (χ1v) is 6.61. The number of aliphatic imine (C=N–C) groups is 1. The van der Waals surface area contributed by atoms with Gasteiger partial charge in [0.05, 0.1) is 6.61 Å². The third-order valence-electron chi connectivity index (χ3n) is 2.59. The predicted molar refractivity (Wildman–Crippen MR) is 80.2 cm³/mol. The lowest BCUT2D eigenvalue weighted by Gasteiger charge is -2.23. The van der Waals surface area contributed by atoms with Crippen LogP contribution in [-0.2, 0) is 17.9 Å². The highest BCUT2D eigenvalue weighted by molar-refractivity contribution is 5.80. The maximum atomic E-state index is 13.5. The fourth-order valence-corrected chi connectivity index (χ4v) is 1.72. The number of hydrogen-bond acceptors (Lipinski definition) is 2. The third-order valence-corrected chi connectivity index (χ3v) is 2.59. The Labute approximate surface area is 120 Å². The molecule has 0 heterocycles. The Morgan fingerprint density at radius 1 is 1.35 bits per heavy atom. The first-order chi connectivity index (χ1) is 9.35. The Hall–Kier alpha value is -1.62. The average molecular weight is 281 g/mol. The number of nitrogens with zero attached hydrogens (tertiary/aromatic N) is 1. The minimum Gasteiger partial charge on any atom is -0.380 e. The summed E-state index contributed by atoms with van der Waals surface area (Å²) in [6.07, 6.45) is 0. The Kier molecular flexibility index (Phi) is 5.95. The van der Waals surface area contributed by atoms with E-state index >= 15 is 0 Å². The Morgan fingerprint density at radius 2 is 2.05 bits per heavy atom. The zero-order valence-corrected chi connectivity index (χ0v) is 12.9. The van der Waals surface area contributed by atoms with Gasteiger partial charge in [-0.1, -0.05) is 6.07 Å². The van der Waals surface area contributed by atoms with Crippen molar-refractivity contribution < 1.29 is 9.13 Å². The van der Waals surface area contributed by atoms with Crippen molar-refractivity contribution in [1.82, 2.24) is 10.6 Å². The van der Waals surface area contributed by atoms with Crippen LogP contribution in [0.1, 0.15) is 31.9 Å². The van der Waals surface area contributed by atoms with E-state index < -0.39 is 0 Å². The van der Waals surface area contributed by atoms with E-state index in [1.807, 2.05) is 0 Å². The summed E-state index contributed by atoms with van der Waals surface area (Å²) in [5.41, 5.74) is 1.48. The predicted octanol–water partition coefficient (Wildman–Crippen LogP) is 2.44. The van der Waals surface area contributed by atoms with Crippen LogP contribution in [0.15, 0.2) is 23.2 Å². The Morgan fingerprint density at radius 3 is 2.60 bits per heavy atom. The van der Waals surface area contributed by atoms with E-state index in [9.17, 15) is 4.39 Å². The summed E-state index contributed by atoms with van der Waals surface area (Å²) in [7, 11) is 3.28. The van der Waals surface area contributed by atoms with Crippen LogP contribution >= 0.6 is 0 Å². The van der Waals surface area contributed by atoms with Crippen molar-refractivity contribution in [2.45, 2.75) is 39.5 Å². The second-order valence-corrected chi connectivity index (χ2v) is 5.66. The highest BCUT2D eigenvalue weighted by Gasteiger charge is 2.11. The van der Waals surface area contributed by atoms with Crippen LogP contribution in [0.3, 0.4) is 0 Å². The number of benzene rings is 1. The highest BCUT2D eigenvalue weighted by atomic mass is 19.1. The average Bonchev–Trinajstić information content (AvgIpc) is 2.37. The molecule has 0 amide bonds. The number of methoxy groups -OCH3 is 1. The van der Waals surface area contributed by atoms with E-state index in [0.717, 1.165) is 11.5 Å². The van der Waals surface area contributed by atoms with Crippen LogP contribution in [0.25, 0.3) is 0 Å². The van der Waals surface area contributed by atoms with Crippen molar-refractivity contribution in [1.29, 1.82) is 0 Å². The molecule has 0 aliphatic heterocycles. The molecule has 0 aliphatic rings. The molecule has 5 heteroatoms. The monoisotopic (exact) mass is 281 g/mol. The quantitative estimate of drug-likeness (QED) is 0.658. The third kappa shape index (κ3) is 5.57. The second-order valence-electron chi connectivity index (χ2n) is 5.66. The summed E-state index contributed by atoms with van der Waals surface area (Å²) >= 11 is 0. The topological polar surface area (TPSA) is 45.7 Å². The fourth-order valence-electron chi connectivity index (χ4n) is 1.72. The van der Waals surface area contributed by atoms with Crippen molar-refractivity contribution in [3.8, 4) is 0 Å². The largest absolute Gasteiger partial charge is 0.380 e. The molecular weight excluding hydrogens is 257 g/mol. The van der Waals surface area contributed by atoms with Crippen LogP contribution < -0.4 is 10.6 Å². The molecule has 0 atom stereocenters. The van der Waals surface area contributed by atoms with Crippen molar-refractivity contribution in [2.75, 3.05) is 14.2 Å². The minimum atomic E-state index is -0.243. The van der Waals surface area contributed by atoms with Gasteiger partial charge in [0.1, 0.15) is 5.82 Å². The smallest absolute Gasteiger partial charge is 0.191 e. The molecule has 0 saturated carbocycles. The lowest BCUT2D eigenvalue weighted by atomic mass is 10.1. The molecule has 0 saturated heterocycles. The van der Waals surface area contributed by atoms with E-state index in [-0.39, 0.29) is 18.0 Å². The fraction of sp³-hybridized carbons (Fsp3) is 0.533. The van der Waals surface area contributed by atoms with E-state index in [2.05, 4.69) is 36.4 Å². The van der Waals surface area contributed by atoms with Crippen molar-refractivity contribution >= 4 is 5.96 Å². The summed E-state index contributed by atoms with van der Waals surface area (Å²) in [4.78, 5) is 4.16. The van der Waals surface area contributed by atoms with Gasteiger partial charge in [0.2, 0.25) is 0 Å². The maximum Gasteiger partial charge on any atom is 0.191 e. The first-order valence-electron chi connectivity index (χ1n) is 6.61. The van der Waals surface area contributed by atoms with E-state index in [4.69, 9.17) is 4.74 Å². The Balaban J connectivity index is 2.67. The number of rotatable bonds is 4. The van der Waals surface area contributed by atoms with Crippen LogP contribution in [0.4, 0.5) is 4.39 Å². The van der Waals surface area contributed by atoms with Crippen LogP contribution in [0.2, 0.25) is 0 Å². The van der Waals surface area contributed by atoms with Crippen molar-refractivity contribution in [3.63, 3.8) is 0 Å². The van der Waals surface area contributed by atoms with Gasteiger partial charge >= 0.3 is 0 Å². The summed E-state index contributed by atoms with van der Waals surface area (Å²) in [5, 5.41) is 6.47. The van der Waals surface area contributed by atoms with Crippen molar-refractivity contribution in [3.05, 3.63) is 35.1 Å². The lowest BCUT2D eigenvalue weighted by molar-refractivity contribution is 0.181. The van der Waals surface area contributed by atoms with Gasteiger partial charge in [0.25, 0.3) is 0 Å². The molecule has 2 N–H and O–H groups in total. The zero-order valence-electron chi connectivity index (χ0n) is 12.9. The standard InChI is InChI=1S/C15H24FN3O/c1-15(2,3)19-14(17-4)18-9-11-6-7-13(16)12(8-11)10-20-5/h6-8H,9-10H2,1-5H3,(H2,17,18,19). The van der Waals surface area contributed by atoms with Crippen LogP contribution in [0.5, 0.6) is 0 Å². The second kappa shape index (κ2) is 7.24. The highest BCUT2D eigenvalue weighted by Crippen LogP contribution is 2.11. The summed E-state index contributed by atoms with van der Waals surface area (Å²) in [6.45, 7) is 7.04. The number of nitrogens with one attached hydrogen (secondary N) is 2. The van der Waals surface area contributed by atoms with Gasteiger partial charge in [0, 0.05) is 31.8 Å². The van der Waals surface area contributed by atoms with Crippen LogP contribution in [0, 0.1) is 5.82 Å². The molecule has 20 heavy (non-hydrogen) atoms. The SMILES string of the molecule is CN=C(NCc1ccc(F)c(COC)c1)NC(C)(C)C. The Bertz CT molecular complexity index is 467. The normalized spacial score (nSPS) is 12.4. The molecule has 0 bridgehead atoms. The first kappa shape index (κ1) is 16.4. The maximum absolute atomic E-state index is 13.5. The molecule has 1 rings (SSSR count). The molecule has 4 nitrogen and oxygen atoms in total. The van der Waals surface area contributed by atoms with Gasteiger partial charge in [-0.15, -0.1) is 0 Å². The number of ether oxygens (including phenoxy) is 1. The van der Waals surface area contributed by atoms with Gasteiger partial charge in [-0.25, -0.2) is 4.39 Å². The lowest BCUT2D eigenvalue weighted by Crippen LogP contribution is -2.47. The molecular formula is C15H24FN3O. The molecule has 1 aromatic carbocycles. The summed E-state index contributed by atoms with van der Waals surface area (Å²) in [5.74, 6) is 0.475. The van der Waals surface area contributed by atoms with Gasteiger partial charge in [-0.3, -0.25) is 4.99 Å². The molecule has 0 aromatic heterocycles. The number of halogens is 1. The number of hydrogen-bond donors (Lipinski definition) is 2. The molecule has 0 spiro atoms. The molecule has 112 valence electrons. The summed E-state index contributed by atoms with van der Waals surface area (Å²) in [6, 6.07) is 5.02. The molecule has 0 aliphatic carbocycles. The molecule has 0 radical (unpaired) electrons. The molecule has 0 fully saturated rings. The van der Waals surface area contributed by atoms with E-state index in [1.54, 1.807) is 26.3 Å². The zero-order chi connectivity index (χ0) is 15.2.